The van der Waals surface area contributed by atoms with E-state index in [1.54, 1.807) is 0 Å². The Morgan fingerprint density at radius 1 is 1.56 bits per heavy atom. The van der Waals surface area contributed by atoms with Crippen LogP contribution in [0.15, 0.2) is 0 Å². The number of nitrogens with zero attached hydrogens (tertiary/aromatic N) is 1. The molecule has 1 aliphatic heterocycles. The topological polar surface area (TPSA) is 61.8 Å². The van der Waals surface area contributed by atoms with Gasteiger partial charge in [-0.05, 0) is 53.1 Å². The molecular weight excluding hydrogens is 232 g/mol. The monoisotopic (exact) mass is 258 g/mol. The van der Waals surface area contributed by atoms with Crippen molar-refractivity contribution in [2.45, 2.75) is 45.3 Å². The van der Waals surface area contributed by atoms with Crippen LogP contribution in [0, 0.1) is 5.92 Å². The first-order valence-corrected chi connectivity index (χ1v) is 6.59. The molecule has 0 bridgehead atoms. The molecular formula is C13H26N2O3. The van der Waals surface area contributed by atoms with E-state index in [2.05, 4.69) is 17.3 Å². The average molecular weight is 258 g/mol. The third-order valence-electron chi connectivity index (χ3n) is 3.05. The number of ether oxygens (including phenoxy) is 1. The Kier molecular flexibility index (Phi) is 5.41. The van der Waals surface area contributed by atoms with Gasteiger partial charge in [0.1, 0.15) is 5.60 Å². The molecule has 0 aromatic heterocycles. The molecule has 106 valence electrons. The van der Waals surface area contributed by atoms with E-state index in [4.69, 9.17) is 4.74 Å². The molecule has 0 aromatic carbocycles. The Balaban J connectivity index is 2.35. The quantitative estimate of drug-likeness (QED) is 0.796. The molecule has 2 N–H and O–H groups in total. The maximum atomic E-state index is 11.6. The number of carbonyl (C=O) groups excluding carboxylic acids is 1. The highest BCUT2D eigenvalue weighted by Gasteiger charge is 2.25. The minimum atomic E-state index is -0.502. The minimum absolute atomic E-state index is 0.0422. The predicted octanol–water partition coefficient (Wildman–Crippen LogP) is 1.21. The van der Waals surface area contributed by atoms with Crippen molar-refractivity contribution in [1.82, 2.24) is 10.2 Å². The summed E-state index contributed by atoms with van der Waals surface area (Å²) in [4.78, 5) is 13.9. The van der Waals surface area contributed by atoms with Crippen LogP contribution in [0.4, 0.5) is 4.79 Å². The maximum absolute atomic E-state index is 11.6. The molecule has 0 radical (unpaired) electrons. The van der Waals surface area contributed by atoms with Gasteiger partial charge in [0.15, 0.2) is 0 Å². The third-order valence-corrected chi connectivity index (χ3v) is 3.05. The third kappa shape index (κ3) is 5.69. The first-order chi connectivity index (χ1) is 8.30. The van der Waals surface area contributed by atoms with Crippen LogP contribution >= 0.6 is 0 Å². The van der Waals surface area contributed by atoms with Gasteiger partial charge in [-0.25, -0.2) is 4.79 Å². The summed E-state index contributed by atoms with van der Waals surface area (Å²) in [6.45, 7) is 7.56. The lowest BCUT2D eigenvalue weighted by Gasteiger charge is -2.24. The van der Waals surface area contributed by atoms with Crippen molar-refractivity contribution in [2.75, 3.05) is 26.7 Å². The van der Waals surface area contributed by atoms with E-state index < -0.39 is 11.7 Å². The van der Waals surface area contributed by atoms with Gasteiger partial charge in [-0.15, -0.1) is 0 Å². The summed E-state index contributed by atoms with van der Waals surface area (Å²) in [5, 5.41) is 12.1. The molecule has 1 aliphatic rings. The van der Waals surface area contributed by atoms with E-state index in [-0.39, 0.29) is 12.6 Å². The highest BCUT2D eigenvalue weighted by Crippen LogP contribution is 2.19. The van der Waals surface area contributed by atoms with E-state index in [0.717, 1.165) is 25.9 Å². The van der Waals surface area contributed by atoms with Gasteiger partial charge in [0.2, 0.25) is 0 Å². The van der Waals surface area contributed by atoms with E-state index in [0.29, 0.717) is 5.92 Å². The first-order valence-electron chi connectivity index (χ1n) is 6.59. The molecule has 5 nitrogen and oxygen atoms in total. The fraction of sp³-hybridized carbons (Fsp3) is 0.923. The highest BCUT2D eigenvalue weighted by molar-refractivity contribution is 5.68. The Morgan fingerprint density at radius 3 is 2.67 bits per heavy atom. The van der Waals surface area contributed by atoms with E-state index in [9.17, 15) is 9.90 Å². The molecule has 1 saturated heterocycles. The minimum Gasteiger partial charge on any atom is -0.444 e. The molecule has 0 aliphatic carbocycles. The lowest BCUT2D eigenvalue weighted by molar-refractivity contribution is 0.0473. The summed E-state index contributed by atoms with van der Waals surface area (Å²) in [7, 11) is 2.09. The zero-order valence-electron chi connectivity index (χ0n) is 11.9. The summed E-state index contributed by atoms with van der Waals surface area (Å²) in [5.41, 5.74) is -0.502. The number of hydrogen-bond acceptors (Lipinski definition) is 4. The normalized spacial score (nSPS) is 22.8. The summed E-state index contributed by atoms with van der Waals surface area (Å²) >= 11 is 0. The number of nitrogens with one attached hydrogen (secondary N) is 1. The standard InChI is InChI=1S/C13H26N2O3/c1-13(2,3)18-12(17)14-11(9-16)7-10-5-6-15(4)8-10/h10-11,16H,5-9H2,1-4H3,(H,14,17). The van der Waals surface area contributed by atoms with Crippen molar-refractivity contribution in [3.8, 4) is 0 Å². The van der Waals surface area contributed by atoms with Crippen LogP contribution in [0.3, 0.4) is 0 Å². The Labute approximate surface area is 109 Å². The number of hydrogen-bond donors (Lipinski definition) is 2. The second-order valence-electron chi connectivity index (χ2n) is 6.18. The number of rotatable bonds is 4. The maximum Gasteiger partial charge on any atom is 0.407 e. The van der Waals surface area contributed by atoms with Gasteiger partial charge in [-0.2, -0.15) is 0 Å². The number of aliphatic hydroxyl groups excluding tert-OH is 1. The van der Waals surface area contributed by atoms with Gasteiger partial charge in [0, 0.05) is 6.54 Å². The predicted molar refractivity (Wildman–Crippen MR) is 70.5 cm³/mol. The average Bonchev–Trinajstić information content (AvgIpc) is 2.60. The molecule has 1 amide bonds. The van der Waals surface area contributed by atoms with E-state index >= 15 is 0 Å². The summed E-state index contributed by atoms with van der Waals surface area (Å²) in [6.07, 6.45) is 1.48. The van der Waals surface area contributed by atoms with Crippen LogP contribution in [0.1, 0.15) is 33.6 Å². The van der Waals surface area contributed by atoms with Crippen molar-refractivity contribution < 1.29 is 14.6 Å². The molecule has 0 saturated carbocycles. The van der Waals surface area contributed by atoms with Gasteiger partial charge in [0.25, 0.3) is 0 Å². The summed E-state index contributed by atoms with van der Waals surface area (Å²) in [6, 6.07) is -0.212. The molecule has 1 heterocycles. The van der Waals surface area contributed by atoms with Crippen LogP contribution in [-0.4, -0.2) is 54.5 Å². The van der Waals surface area contributed by atoms with Gasteiger partial charge in [-0.1, -0.05) is 0 Å². The molecule has 18 heavy (non-hydrogen) atoms. The number of carbonyl (C=O) groups is 1. The Bertz CT molecular complexity index is 276. The van der Waals surface area contributed by atoms with Gasteiger partial charge in [-0.3, -0.25) is 0 Å². The first kappa shape index (κ1) is 15.2. The largest absolute Gasteiger partial charge is 0.444 e. The molecule has 0 aromatic rings. The SMILES string of the molecule is CN1CCC(CC(CO)NC(=O)OC(C)(C)C)C1. The molecule has 1 fully saturated rings. The van der Waals surface area contributed by atoms with Crippen LogP contribution in [0.25, 0.3) is 0 Å². The number of amides is 1. The van der Waals surface area contributed by atoms with Gasteiger partial charge in [0.05, 0.1) is 12.6 Å². The number of likely N-dealkylation sites (tertiary alicyclic amines) is 1. The van der Waals surface area contributed by atoms with E-state index in [1.807, 2.05) is 20.8 Å². The Morgan fingerprint density at radius 2 is 2.22 bits per heavy atom. The van der Waals surface area contributed by atoms with E-state index in [1.165, 1.54) is 0 Å². The second-order valence-corrected chi connectivity index (χ2v) is 6.18. The fourth-order valence-corrected chi connectivity index (χ4v) is 2.27. The van der Waals surface area contributed by atoms with Crippen molar-refractivity contribution >= 4 is 6.09 Å². The highest BCUT2D eigenvalue weighted by atomic mass is 16.6. The summed E-state index contributed by atoms with van der Waals surface area (Å²) < 4.78 is 5.18. The molecule has 5 heteroatoms. The number of alkyl carbamates (subject to hydrolysis) is 1. The van der Waals surface area contributed by atoms with Crippen LogP contribution in [0.2, 0.25) is 0 Å². The van der Waals surface area contributed by atoms with Crippen molar-refractivity contribution in [2.24, 2.45) is 5.92 Å². The molecule has 0 spiro atoms. The molecule has 2 unspecified atom stereocenters. The van der Waals surface area contributed by atoms with Gasteiger partial charge >= 0.3 is 6.09 Å². The van der Waals surface area contributed by atoms with Crippen LogP contribution in [-0.2, 0) is 4.74 Å². The smallest absolute Gasteiger partial charge is 0.407 e. The lowest BCUT2D eigenvalue weighted by Crippen LogP contribution is -2.42. The van der Waals surface area contributed by atoms with Crippen LogP contribution in [0.5, 0.6) is 0 Å². The zero-order valence-corrected chi connectivity index (χ0v) is 11.9. The fourth-order valence-electron chi connectivity index (χ4n) is 2.27. The zero-order chi connectivity index (χ0) is 13.8. The van der Waals surface area contributed by atoms with Gasteiger partial charge < -0.3 is 20.1 Å². The second kappa shape index (κ2) is 6.38. The number of aliphatic hydroxyl groups is 1. The van der Waals surface area contributed by atoms with Crippen molar-refractivity contribution in [3.63, 3.8) is 0 Å². The Hall–Kier alpha value is -0.810. The molecule has 1 rings (SSSR count). The lowest BCUT2D eigenvalue weighted by atomic mass is 9.99. The summed E-state index contributed by atoms with van der Waals surface area (Å²) in [5.74, 6) is 0.544. The molecule has 2 atom stereocenters. The van der Waals surface area contributed by atoms with Crippen molar-refractivity contribution in [3.05, 3.63) is 0 Å². The van der Waals surface area contributed by atoms with Crippen molar-refractivity contribution in [1.29, 1.82) is 0 Å². The van der Waals surface area contributed by atoms with Crippen LogP contribution < -0.4 is 5.32 Å².